The SMILES string of the molecule is CC(C)(C)C(=O)Nc1cccc(C(=O)Nc2cccc(CS(N)(=O)=O)c2)c1. The molecule has 4 N–H and O–H groups in total. The second-order valence-electron chi connectivity index (χ2n) is 7.25. The summed E-state index contributed by atoms with van der Waals surface area (Å²) in [7, 11) is -3.66. The maximum atomic E-state index is 12.5. The number of nitrogens with two attached hydrogens (primary N) is 1. The largest absolute Gasteiger partial charge is 0.326 e. The van der Waals surface area contributed by atoms with E-state index in [0.717, 1.165) is 0 Å². The van der Waals surface area contributed by atoms with Gasteiger partial charge in [-0.15, -0.1) is 0 Å². The van der Waals surface area contributed by atoms with E-state index in [4.69, 9.17) is 5.14 Å². The van der Waals surface area contributed by atoms with Crippen molar-refractivity contribution in [1.29, 1.82) is 0 Å². The molecule has 0 aliphatic heterocycles. The zero-order chi connectivity index (χ0) is 20.2. The van der Waals surface area contributed by atoms with Gasteiger partial charge >= 0.3 is 0 Å². The Morgan fingerprint density at radius 1 is 0.963 bits per heavy atom. The van der Waals surface area contributed by atoms with Crippen molar-refractivity contribution in [3.63, 3.8) is 0 Å². The van der Waals surface area contributed by atoms with E-state index >= 15 is 0 Å². The zero-order valence-corrected chi connectivity index (χ0v) is 16.3. The number of carbonyl (C=O) groups is 2. The van der Waals surface area contributed by atoms with Gasteiger partial charge in [0.25, 0.3) is 5.91 Å². The fraction of sp³-hybridized carbons (Fsp3) is 0.263. The van der Waals surface area contributed by atoms with Gasteiger partial charge in [0.15, 0.2) is 0 Å². The first-order chi connectivity index (χ1) is 12.4. The maximum absolute atomic E-state index is 12.5. The molecule has 27 heavy (non-hydrogen) atoms. The number of sulfonamides is 1. The lowest BCUT2D eigenvalue weighted by atomic mass is 9.95. The first-order valence-corrected chi connectivity index (χ1v) is 9.98. The Bertz CT molecular complexity index is 963. The van der Waals surface area contributed by atoms with Crippen LogP contribution in [0.2, 0.25) is 0 Å². The first-order valence-electron chi connectivity index (χ1n) is 8.26. The molecule has 0 unspecified atom stereocenters. The van der Waals surface area contributed by atoms with E-state index in [2.05, 4.69) is 10.6 Å². The van der Waals surface area contributed by atoms with Gasteiger partial charge in [0.2, 0.25) is 15.9 Å². The standard InChI is InChI=1S/C19H23N3O4S/c1-19(2,3)18(24)22-16-9-5-7-14(11-16)17(23)21-15-8-4-6-13(10-15)12-27(20,25)26/h4-11H,12H2,1-3H3,(H,21,23)(H,22,24)(H2,20,25,26). The summed E-state index contributed by atoms with van der Waals surface area (Å²) in [5.74, 6) is -0.851. The molecule has 0 heterocycles. The molecule has 0 atom stereocenters. The summed E-state index contributed by atoms with van der Waals surface area (Å²) >= 11 is 0. The average molecular weight is 389 g/mol. The van der Waals surface area contributed by atoms with Crippen molar-refractivity contribution in [3.05, 3.63) is 59.7 Å². The molecular weight excluding hydrogens is 366 g/mol. The van der Waals surface area contributed by atoms with Crippen molar-refractivity contribution in [2.45, 2.75) is 26.5 Å². The number of amides is 2. The molecule has 0 aliphatic carbocycles. The van der Waals surface area contributed by atoms with E-state index in [9.17, 15) is 18.0 Å². The third-order valence-corrected chi connectivity index (χ3v) is 4.35. The summed E-state index contributed by atoms with van der Waals surface area (Å²) in [5, 5.41) is 10.5. The second-order valence-corrected chi connectivity index (χ2v) is 8.86. The molecule has 0 saturated carbocycles. The smallest absolute Gasteiger partial charge is 0.255 e. The minimum absolute atomic E-state index is 0.157. The Kier molecular flexibility index (Phi) is 6.02. The van der Waals surface area contributed by atoms with Crippen molar-refractivity contribution < 1.29 is 18.0 Å². The molecule has 2 amide bonds. The van der Waals surface area contributed by atoms with Crippen molar-refractivity contribution in [2.75, 3.05) is 10.6 Å². The fourth-order valence-electron chi connectivity index (χ4n) is 2.23. The summed E-state index contributed by atoms with van der Waals surface area (Å²) < 4.78 is 22.4. The highest BCUT2D eigenvalue weighted by Crippen LogP contribution is 2.19. The number of anilines is 2. The average Bonchev–Trinajstić information content (AvgIpc) is 2.53. The number of rotatable bonds is 5. The molecule has 2 aromatic carbocycles. The van der Waals surface area contributed by atoms with Crippen molar-refractivity contribution in [1.82, 2.24) is 0 Å². The van der Waals surface area contributed by atoms with Gasteiger partial charge in [-0.05, 0) is 35.9 Å². The monoisotopic (exact) mass is 389 g/mol. The van der Waals surface area contributed by atoms with Crippen LogP contribution < -0.4 is 15.8 Å². The van der Waals surface area contributed by atoms with E-state index in [1.807, 2.05) is 0 Å². The van der Waals surface area contributed by atoms with Crippen molar-refractivity contribution in [2.24, 2.45) is 10.6 Å². The van der Waals surface area contributed by atoms with E-state index in [1.54, 1.807) is 69.3 Å². The summed E-state index contributed by atoms with van der Waals surface area (Å²) in [6, 6.07) is 13.0. The van der Waals surface area contributed by atoms with Gasteiger partial charge in [0.1, 0.15) is 0 Å². The highest BCUT2D eigenvalue weighted by molar-refractivity contribution is 7.88. The van der Waals surface area contributed by atoms with Crippen LogP contribution in [-0.2, 0) is 20.6 Å². The van der Waals surface area contributed by atoms with Gasteiger partial charge in [-0.1, -0.05) is 39.0 Å². The quantitative estimate of drug-likeness (QED) is 0.728. The molecule has 2 rings (SSSR count). The fourth-order valence-corrected chi connectivity index (χ4v) is 2.88. The number of nitrogens with one attached hydrogen (secondary N) is 2. The van der Waals surface area contributed by atoms with Gasteiger partial charge in [-0.25, -0.2) is 13.6 Å². The third-order valence-electron chi connectivity index (χ3n) is 3.62. The van der Waals surface area contributed by atoms with Crippen molar-refractivity contribution >= 4 is 33.2 Å². The summed E-state index contributed by atoms with van der Waals surface area (Å²) in [6.45, 7) is 5.40. The number of benzene rings is 2. The Hall–Kier alpha value is -2.71. The van der Waals surface area contributed by atoms with Crippen LogP contribution in [0.25, 0.3) is 0 Å². The van der Waals surface area contributed by atoms with Crippen LogP contribution in [-0.4, -0.2) is 20.2 Å². The molecule has 8 heteroatoms. The second kappa shape index (κ2) is 7.89. The summed E-state index contributed by atoms with van der Waals surface area (Å²) in [5.41, 5.74) is 1.25. The van der Waals surface area contributed by atoms with Crippen LogP contribution in [0.15, 0.2) is 48.5 Å². The number of hydrogen-bond donors (Lipinski definition) is 3. The van der Waals surface area contributed by atoms with Crippen LogP contribution >= 0.6 is 0 Å². The van der Waals surface area contributed by atoms with Gasteiger partial charge in [0, 0.05) is 22.4 Å². The molecule has 0 radical (unpaired) electrons. The number of carbonyl (C=O) groups excluding carboxylic acids is 2. The highest BCUT2D eigenvalue weighted by atomic mass is 32.2. The molecule has 0 fully saturated rings. The molecule has 0 bridgehead atoms. The lowest BCUT2D eigenvalue weighted by molar-refractivity contribution is -0.123. The summed E-state index contributed by atoms with van der Waals surface area (Å²) in [6.07, 6.45) is 0. The molecule has 0 aliphatic rings. The highest BCUT2D eigenvalue weighted by Gasteiger charge is 2.21. The predicted molar refractivity (Wildman–Crippen MR) is 106 cm³/mol. The molecule has 0 saturated heterocycles. The van der Waals surface area contributed by atoms with Crippen LogP contribution in [0.1, 0.15) is 36.7 Å². The van der Waals surface area contributed by atoms with E-state index in [-0.39, 0.29) is 17.6 Å². The van der Waals surface area contributed by atoms with Gasteiger partial charge in [-0.3, -0.25) is 9.59 Å². The lowest BCUT2D eigenvalue weighted by Gasteiger charge is -2.18. The number of hydrogen-bond acceptors (Lipinski definition) is 4. The van der Waals surface area contributed by atoms with Crippen LogP contribution in [0, 0.1) is 5.41 Å². The Balaban J connectivity index is 2.14. The minimum atomic E-state index is -3.66. The minimum Gasteiger partial charge on any atom is -0.326 e. The Morgan fingerprint density at radius 3 is 2.15 bits per heavy atom. The van der Waals surface area contributed by atoms with E-state index in [1.165, 1.54) is 0 Å². The molecule has 7 nitrogen and oxygen atoms in total. The Labute approximate surface area is 159 Å². The number of primary sulfonamides is 1. The van der Waals surface area contributed by atoms with Gasteiger partial charge in [-0.2, -0.15) is 0 Å². The van der Waals surface area contributed by atoms with Crippen molar-refractivity contribution in [3.8, 4) is 0 Å². The molecule has 0 spiro atoms. The lowest BCUT2D eigenvalue weighted by Crippen LogP contribution is -2.27. The third kappa shape index (κ3) is 6.50. The van der Waals surface area contributed by atoms with Crippen LogP contribution in [0.4, 0.5) is 11.4 Å². The van der Waals surface area contributed by atoms with Crippen LogP contribution in [0.3, 0.4) is 0 Å². The zero-order valence-electron chi connectivity index (χ0n) is 15.4. The maximum Gasteiger partial charge on any atom is 0.255 e. The van der Waals surface area contributed by atoms with Crippen LogP contribution in [0.5, 0.6) is 0 Å². The van der Waals surface area contributed by atoms with Gasteiger partial charge in [0.05, 0.1) is 5.75 Å². The normalized spacial score (nSPS) is 11.7. The topological polar surface area (TPSA) is 118 Å². The first kappa shape index (κ1) is 20.6. The molecule has 144 valence electrons. The van der Waals surface area contributed by atoms with E-state index in [0.29, 0.717) is 22.5 Å². The van der Waals surface area contributed by atoms with Gasteiger partial charge < -0.3 is 10.6 Å². The molecular formula is C19H23N3O4S. The summed E-state index contributed by atoms with van der Waals surface area (Å²) in [4.78, 5) is 24.6. The predicted octanol–water partition coefficient (Wildman–Crippen LogP) is 2.71. The Morgan fingerprint density at radius 2 is 1.56 bits per heavy atom. The molecule has 2 aromatic rings. The molecule has 0 aromatic heterocycles. The van der Waals surface area contributed by atoms with E-state index < -0.39 is 15.4 Å².